The Bertz CT molecular complexity index is 409. The van der Waals surface area contributed by atoms with E-state index in [0.29, 0.717) is 6.54 Å². The highest BCUT2D eigenvalue weighted by atomic mass is 16.8. The zero-order valence-electron chi connectivity index (χ0n) is 13.8. The Labute approximate surface area is 136 Å². The molecule has 1 unspecified atom stereocenters. The minimum Gasteiger partial charge on any atom is -0.394 e. The number of hydrogen-bond donors (Lipinski definition) is 3. The van der Waals surface area contributed by atoms with Gasteiger partial charge < -0.3 is 30.2 Å². The van der Waals surface area contributed by atoms with E-state index in [1.807, 2.05) is 18.9 Å². The Balaban J connectivity index is 1.69. The summed E-state index contributed by atoms with van der Waals surface area (Å²) in [6, 6.07) is 0.277. The van der Waals surface area contributed by atoms with Gasteiger partial charge in [-0.05, 0) is 39.7 Å². The van der Waals surface area contributed by atoms with Gasteiger partial charge >= 0.3 is 0 Å². The molecule has 0 aromatic rings. The largest absolute Gasteiger partial charge is 0.394 e. The predicted octanol–water partition coefficient (Wildman–Crippen LogP) is -0.671. The predicted molar refractivity (Wildman–Crippen MR) is 80.1 cm³/mol. The highest BCUT2D eigenvalue weighted by Crippen LogP contribution is 2.41. The molecule has 0 bridgehead atoms. The van der Waals surface area contributed by atoms with Crippen molar-refractivity contribution in [3.05, 3.63) is 0 Å². The van der Waals surface area contributed by atoms with E-state index in [0.717, 1.165) is 25.8 Å². The van der Waals surface area contributed by atoms with E-state index >= 15 is 0 Å². The normalized spacial score (nSPS) is 41.3. The summed E-state index contributed by atoms with van der Waals surface area (Å²) in [5, 5.41) is 21.1. The van der Waals surface area contributed by atoms with E-state index in [9.17, 15) is 10.2 Å². The lowest BCUT2D eigenvalue weighted by atomic mass is 10.1. The monoisotopic (exact) mass is 332 g/mol. The van der Waals surface area contributed by atoms with Crippen LogP contribution in [-0.2, 0) is 19.0 Å². The van der Waals surface area contributed by atoms with Gasteiger partial charge in [-0.1, -0.05) is 0 Å². The van der Waals surface area contributed by atoms with Crippen LogP contribution < -0.4 is 5.73 Å². The molecule has 3 fully saturated rings. The van der Waals surface area contributed by atoms with Gasteiger partial charge in [-0.3, -0.25) is 4.84 Å². The van der Waals surface area contributed by atoms with Crippen molar-refractivity contribution in [2.24, 2.45) is 5.73 Å². The number of rotatable bonds is 6. The first kappa shape index (κ1) is 17.5. The van der Waals surface area contributed by atoms with Gasteiger partial charge in [-0.2, -0.15) is 5.06 Å². The van der Waals surface area contributed by atoms with Gasteiger partial charge in [0.2, 0.25) is 6.29 Å². The molecule has 3 aliphatic heterocycles. The van der Waals surface area contributed by atoms with Crippen LogP contribution >= 0.6 is 0 Å². The second kappa shape index (κ2) is 6.89. The molecule has 0 aromatic carbocycles. The molecule has 0 radical (unpaired) electrons. The fourth-order valence-electron chi connectivity index (χ4n) is 3.65. The van der Waals surface area contributed by atoms with Crippen LogP contribution in [0.5, 0.6) is 0 Å². The van der Waals surface area contributed by atoms with E-state index in [4.69, 9.17) is 24.8 Å². The Hall–Kier alpha value is -0.320. The number of fused-ring (bicyclic) bond motifs is 1. The Kier molecular flexibility index (Phi) is 5.24. The zero-order valence-corrected chi connectivity index (χ0v) is 13.8. The summed E-state index contributed by atoms with van der Waals surface area (Å²) in [5.74, 6) is -0.768. The highest BCUT2D eigenvalue weighted by molar-refractivity contribution is 4.98. The first-order valence-electron chi connectivity index (χ1n) is 8.38. The van der Waals surface area contributed by atoms with E-state index in [1.54, 1.807) is 0 Å². The summed E-state index contributed by atoms with van der Waals surface area (Å²) >= 11 is 0. The van der Waals surface area contributed by atoms with Gasteiger partial charge in [-0.25, -0.2) is 0 Å². The number of aliphatic hydroxyl groups is 2. The topological polar surface area (TPSA) is 107 Å². The number of aliphatic hydroxyl groups excluding tert-OH is 2. The number of nitrogens with zero attached hydrogens (tertiary/aromatic N) is 1. The second-order valence-corrected chi connectivity index (χ2v) is 6.90. The van der Waals surface area contributed by atoms with Crippen LogP contribution in [0.3, 0.4) is 0 Å². The zero-order chi connectivity index (χ0) is 16.6. The SMILES string of the molecule is CC1(C)O[C@@H]2[C@H](O1)[C@@H](ON1CCCC1CCN)O[C@@H]2[C@@H](O)CO. The molecule has 8 nitrogen and oxygen atoms in total. The standard InChI is InChI=1S/C15H28N2O6/c1-15(2)21-12-11(10(19)8-18)20-14(13(12)22-15)23-17-7-3-4-9(17)5-6-16/h9-14,18-19H,3-8,16H2,1-2H3/t9?,10-,11+,12-,13-,14+/m0/s1. The molecule has 0 spiro atoms. The molecule has 3 rings (SSSR count). The van der Waals surface area contributed by atoms with Gasteiger partial charge in [0.05, 0.1) is 6.61 Å². The van der Waals surface area contributed by atoms with Crippen LogP contribution in [0, 0.1) is 0 Å². The van der Waals surface area contributed by atoms with E-state index in [2.05, 4.69) is 0 Å². The van der Waals surface area contributed by atoms with Crippen LogP contribution in [0.15, 0.2) is 0 Å². The minimum atomic E-state index is -1.04. The van der Waals surface area contributed by atoms with Crippen molar-refractivity contribution in [1.29, 1.82) is 0 Å². The van der Waals surface area contributed by atoms with Crippen LogP contribution in [0.1, 0.15) is 33.1 Å². The molecule has 8 heteroatoms. The average Bonchev–Trinajstić information content (AvgIpc) is 3.14. The van der Waals surface area contributed by atoms with Crippen molar-refractivity contribution in [3.8, 4) is 0 Å². The second-order valence-electron chi connectivity index (χ2n) is 6.90. The van der Waals surface area contributed by atoms with Crippen molar-refractivity contribution < 1.29 is 29.3 Å². The number of hydroxylamine groups is 2. The van der Waals surface area contributed by atoms with E-state index in [1.165, 1.54) is 0 Å². The third kappa shape index (κ3) is 3.54. The lowest BCUT2D eigenvalue weighted by molar-refractivity contribution is -0.318. The van der Waals surface area contributed by atoms with Gasteiger partial charge in [0.1, 0.15) is 24.4 Å². The Morgan fingerprint density at radius 1 is 1.35 bits per heavy atom. The molecule has 0 saturated carbocycles. The fraction of sp³-hybridized carbons (Fsp3) is 1.00. The lowest BCUT2D eigenvalue weighted by Crippen LogP contribution is -2.40. The third-order valence-corrected chi connectivity index (χ3v) is 4.68. The Morgan fingerprint density at radius 2 is 2.09 bits per heavy atom. The molecule has 3 aliphatic rings. The molecule has 6 atom stereocenters. The number of hydrogen-bond acceptors (Lipinski definition) is 8. The van der Waals surface area contributed by atoms with Crippen LogP contribution in [-0.4, -0.2) is 77.5 Å². The molecule has 23 heavy (non-hydrogen) atoms. The third-order valence-electron chi connectivity index (χ3n) is 4.68. The van der Waals surface area contributed by atoms with Crippen molar-refractivity contribution in [2.45, 2.75) is 75.6 Å². The molecular formula is C15H28N2O6. The fourth-order valence-corrected chi connectivity index (χ4v) is 3.65. The molecule has 0 aromatic heterocycles. The molecular weight excluding hydrogens is 304 g/mol. The quantitative estimate of drug-likeness (QED) is 0.588. The minimum absolute atomic E-state index is 0.277. The van der Waals surface area contributed by atoms with Crippen molar-refractivity contribution >= 4 is 0 Å². The van der Waals surface area contributed by atoms with Gasteiger partial charge in [0, 0.05) is 12.6 Å². The maximum Gasteiger partial charge on any atom is 0.207 e. The molecule has 4 N–H and O–H groups in total. The van der Waals surface area contributed by atoms with Crippen LogP contribution in [0.4, 0.5) is 0 Å². The van der Waals surface area contributed by atoms with Crippen molar-refractivity contribution in [2.75, 3.05) is 19.7 Å². The molecule has 0 aliphatic carbocycles. The molecule has 3 saturated heterocycles. The Morgan fingerprint density at radius 3 is 2.78 bits per heavy atom. The average molecular weight is 332 g/mol. The van der Waals surface area contributed by atoms with E-state index in [-0.39, 0.29) is 6.04 Å². The molecule has 0 amide bonds. The van der Waals surface area contributed by atoms with Crippen LogP contribution in [0.25, 0.3) is 0 Å². The van der Waals surface area contributed by atoms with Gasteiger partial charge in [0.25, 0.3) is 0 Å². The van der Waals surface area contributed by atoms with Crippen molar-refractivity contribution in [1.82, 2.24) is 5.06 Å². The van der Waals surface area contributed by atoms with E-state index < -0.39 is 43.1 Å². The van der Waals surface area contributed by atoms with Crippen molar-refractivity contribution in [3.63, 3.8) is 0 Å². The summed E-state index contributed by atoms with van der Waals surface area (Å²) in [6.07, 6.45) is -0.304. The van der Waals surface area contributed by atoms with Gasteiger partial charge in [-0.15, -0.1) is 0 Å². The van der Waals surface area contributed by atoms with Crippen LogP contribution in [0.2, 0.25) is 0 Å². The maximum atomic E-state index is 9.99. The number of ether oxygens (including phenoxy) is 3. The smallest absolute Gasteiger partial charge is 0.207 e. The van der Waals surface area contributed by atoms with Gasteiger partial charge in [0.15, 0.2) is 5.79 Å². The highest BCUT2D eigenvalue weighted by Gasteiger charge is 2.58. The molecule has 134 valence electrons. The lowest BCUT2D eigenvalue weighted by Gasteiger charge is -2.30. The summed E-state index contributed by atoms with van der Waals surface area (Å²) in [4.78, 5) is 6.03. The summed E-state index contributed by atoms with van der Waals surface area (Å²) in [6.45, 7) is 4.67. The first-order valence-corrected chi connectivity index (χ1v) is 8.38. The number of nitrogens with two attached hydrogens (primary N) is 1. The first-order chi connectivity index (χ1) is 10.9. The molecule has 3 heterocycles. The maximum absolute atomic E-state index is 9.99. The summed E-state index contributed by atoms with van der Waals surface area (Å²) in [5.41, 5.74) is 5.66. The summed E-state index contributed by atoms with van der Waals surface area (Å²) < 4.78 is 17.5. The summed E-state index contributed by atoms with van der Waals surface area (Å²) in [7, 11) is 0.